The van der Waals surface area contributed by atoms with Crippen molar-refractivity contribution in [1.82, 2.24) is 4.90 Å². The van der Waals surface area contributed by atoms with E-state index >= 15 is 0 Å². The third kappa shape index (κ3) is 3.53. The minimum Gasteiger partial charge on any atom is -0.339 e. The maximum atomic E-state index is 13.9. The highest BCUT2D eigenvalue weighted by Gasteiger charge is 2.25. The lowest BCUT2D eigenvalue weighted by atomic mass is 10.1. The van der Waals surface area contributed by atoms with Gasteiger partial charge in [-0.1, -0.05) is 19.3 Å². The van der Waals surface area contributed by atoms with Gasteiger partial charge >= 0.3 is 5.69 Å². The Morgan fingerprint density at radius 2 is 1.62 bits per heavy atom. The van der Waals surface area contributed by atoms with Crippen LogP contribution >= 0.6 is 0 Å². The van der Waals surface area contributed by atoms with Gasteiger partial charge in [-0.25, -0.2) is 4.39 Å². The summed E-state index contributed by atoms with van der Waals surface area (Å²) in [7, 11) is 0. The normalized spacial score (nSPS) is 16.2. The van der Waals surface area contributed by atoms with Crippen molar-refractivity contribution in [1.29, 1.82) is 0 Å². The van der Waals surface area contributed by atoms with Crippen LogP contribution in [0.4, 0.5) is 14.5 Å². The van der Waals surface area contributed by atoms with Gasteiger partial charge in [0.05, 0.1) is 16.6 Å². The lowest BCUT2D eigenvalue weighted by Gasteiger charge is -2.25. The molecule has 2 rings (SSSR count). The Bertz CT molecular complexity index is 555. The van der Waals surface area contributed by atoms with Crippen LogP contribution in [0.15, 0.2) is 12.1 Å². The van der Waals surface area contributed by atoms with Gasteiger partial charge in [0.1, 0.15) is 5.82 Å². The Morgan fingerprint density at radius 1 is 1.05 bits per heavy atom. The molecule has 0 spiro atoms. The zero-order valence-corrected chi connectivity index (χ0v) is 11.5. The maximum Gasteiger partial charge on any atom is 0.307 e. The van der Waals surface area contributed by atoms with Crippen LogP contribution < -0.4 is 0 Å². The van der Waals surface area contributed by atoms with Crippen molar-refractivity contribution in [2.45, 2.75) is 32.1 Å². The predicted octanol–water partition coefficient (Wildman–Crippen LogP) is 3.28. The molecule has 0 unspecified atom stereocenters. The molecule has 1 aliphatic heterocycles. The third-order valence-corrected chi connectivity index (χ3v) is 3.61. The molecule has 1 saturated heterocycles. The monoisotopic (exact) mass is 298 g/mol. The van der Waals surface area contributed by atoms with Crippen molar-refractivity contribution in [3.05, 3.63) is 39.4 Å². The lowest BCUT2D eigenvalue weighted by molar-refractivity contribution is -0.387. The van der Waals surface area contributed by atoms with Crippen LogP contribution in [0.3, 0.4) is 0 Å². The van der Waals surface area contributed by atoms with Crippen LogP contribution in [0.5, 0.6) is 0 Å². The molecule has 0 bridgehead atoms. The average Bonchev–Trinajstić information content (AvgIpc) is 2.39. The molecule has 0 saturated carbocycles. The maximum absolute atomic E-state index is 13.9. The first kappa shape index (κ1) is 15.3. The molecule has 1 aliphatic rings. The first-order chi connectivity index (χ1) is 10.0. The second-order valence-electron chi connectivity index (χ2n) is 5.10. The molecule has 0 aromatic heterocycles. The highest BCUT2D eigenvalue weighted by atomic mass is 19.1. The number of rotatable bonds is 2. The van der Waals surface area contributed by atoms with Crippen molar-refractivity contribution < 1.29 is 18.5 Å². The standard InChI is InChI=1S/C14H16F2N2O3/c15-11-9-13(18(20)21)12(16)8-10(11)14(19)17-6-4-2-1-3-5-7-17/h8-9H,1-7H2. The van der Waals surface area contributed by atoms with Crippen molar-refractivity contribution in [2.24, 2.45) is 0 Å². The minimum atomic E-state index is -1.20. The van der Waals surface area contributed by atoms with Crippen LogP contribution in [-0.4, -0.2) is 28.8 Å². The number of nitro groups is 1. The fourth-order valence-corrected chi connectivity index (χ4v) is 2.46. The van der Waals surface area contributed by atoms with Gasteiger partial charge in [0.25, 0.3) is 5.91 Å². The molecule has 1 fully saturated rings. The Morgan fingerprint density at radius 3 is 2.19 bits per heavy atom. The summed E-state index contributed by atoms with van der Waals surface area (Å²) in [6.07, 6.45) is 4.76. The van der Waals surface area contributed by atoms with Crippen LogP contribution in [0.25, 0.3) is 0 Å². The Hall–Kier alpha value is -2.05. The van der Waals surface area contributed by atoms with Crippen molar-refractivity contribution in [3.63, 3.8) is 0 Å². The summed E-state index contributed by atoms with van der Waals surface area (Å²) >= 11 is 0. The molecule has 0 atom stereocenters. The highest BCUT2D eigenvalue weighted by molar-refractivity contribution is 5.94. The van der Waals surface area contributed by atoms with E-state index in [-0.39, 0.29) is 0 Å². The van der Waals surface area contributed by atoms with Gasteiger partial charge in [0.2, 0.25) is 5.82 Å². The summed E-state index contributed by atoms with van der Waals surface area (Å²) < 4.78 is 27.4. The van der Waals surface area contributed by atoms with Gasteiger partial charge < -0.3 is 4.90 Å². The summed E-state index contributed by atoms with van der Waals surface area (Å²) in [5, 5.41) is 10.5. The summed E-state index contributed by atoms with van der Waals surface area (Å²) in [5.41, 5.74) is -1.41. The molecule has 1 heterocycles. The summed E-state index contributed by atoms with van der Waals surface area (Å²) in [5.74, 6) is -2.87. The summed E-state index contributed by atoms with van der Waals surface area (Å²) in [6, 6.07) is 1.08. The van der Waals surface area contributed by atoms with E-state index in [1.54, 1.807) is 0 Å². The van der Waals surface area contributed by atoms with Crippen molar-refractivity contribution in [3.8, 4) is 0 Å². The molecular weight excluding hydrogens is 282 g/mol. The van der Waals surface area contributed by atoms with Crippen molar-refractivity contribution >= 4 is 11.6 Å². The fraction of sp³-hybridized carbons (Fsp3) is 0.500. The largest absolute Gasteiger partial charge is 0.339 e. The number of amides is 1. The smallest absolute Gasteiger partial charge is 0.307 e. The van der Waals surface area contributed by atoms with E-state index in [1.807, 2.05) is 0 Å². The molecule has 0 radical (unpaired) electrons. The third-order valence-electron chi connectivity index (χ3n) is 3.61. The summed E-state index contributed by atoms with van der Waals surface area (Å²) in [6.45, 7) is 0.994. The molecule has 7 heteroatoms. The van der Waals surface area contributed by atoms with E-state index in [9.17, 15) is 23.7 Å². The first-order valence-corrected chi connectivity index (χ1v) is 6.93. The quantitative estimate of drug-likeness (QED) is 0.621. The number of benzene rings is 1. The van der Waals surface area contributed by atoms with Crippen LogP contribution in [-0.2, 0) is 0 Å². The van der Waals surface area contributed by atoms with E-state index < -0.39 is 33.7 Å². The topological polar surface area (TPSA) is 63.4 Å². The number of carbonyl (C=O) groups excluding carboxylic acids is 1. The zero-order chi connectivity index (χ0) is 15.4. The first-order valence-electron chi connectivity index (χ1n) is 6.93. The molecule has 0 aliphatic carbocycles. The fourth-order valence-electron chi connectivity index (χ4n) is 2.46. The Labute approximate surface area is 120 Å². The molecule has 1 aromatic carbocycles. The summed E-state index contributed by atoms with van der Waals surface area (Å²) in [4.78, 5) is 23.3. The van der Waals surface area contributed by atoms with Gasteiger partial charge in [-0.3, -0.25) is 14.9 Å². The molecule has 114 valence electrons. The van der Waals surface area contributed by atoms with Crippen LogP contribution in [0.2, 0.25) is 0 Å². The van der Waals surface area contributed by atoms with E-state index in [0.717, 1.165) is 32.1 Å². The SMILES string of the molecule is O=C(c1cc(F)c([N+](=O)[O-])cc1F)N1CCCCCCC1. The average molecular weight is 298 g/mol. The number of halogens is 2. The van der Waals surface area contributed by atoms with E-state index in [1.165, 1.54) is 4.90 Å². The number of nitro benzene ring substituents is 1. The Balaban J connectivity index is 2.25. The molecule has 1 amide bonds. The van der Waals surface area contributed by atoms with Crippen LogP contribution in [0, 0.1) is 21.7 Å². The van der Waals surface area contributed by atoms with E-state index in [2.05, 4.69) is 0 Å². The molecule has 21 heavy (non-hydrogen) atoms. The second kappa shape index (κ2) is 6.60. The van der Waals surface area contributed by atoms with E-state index in [4.69, 9.17) is 0 Å². The lowest BCUT2D eigenvalue weighted by Crippen LogP contribution is -2.34. The number of hydrogen-bond donors (Lipinski definition) is 0. The van der Waals surface area contributed by atoms with E-state index in [0.29, 0.717) is 25.2 Å². The van der Waals surface area contributed by atoms with Crippen molar-refractivity contribution in [2.75, 3.05) is 13.1 Å². The molecular formula is C14H16F2N2O3. The Kier molecular flexibility index (Phi) is 4.82. The van der Waals surface area contributed by atoms with Gasteiger partial charge in [-0.2, -0.15) is 4.39 Å². The zero-order valence-electron chi connectivity index (χ0n) is 11.5. The highest BCUT2D eigenvalue weighted by Crippen LogP contribution is 2.23. The molecule has 0 N–H and O–H groups in total. The van der Waals surface area contributed by atoms with Gasteiger partial charge in [0.15, 0.2) is 0 Å². The number of hydrogen-bond acceptors (Lipinski definition) is 3. The van der Waals surface area contributed by atoms with Gasteiger partial charge in [0, 0.05) is 13.1 Å². The predicted molar refractivity (Wildman–Crippen MR) is 72.0 cm³/mol. The molecule has 1 aromatic rings. The van der Waals surface area contributed by atoms with Gasteiger partial charge in [-0.05, 0) is 18.9 Å². The number of nitrogens with zero attached hydrogens (tertiary/aromatic N) is 2. The van der Waals surface area contributed by atoms with Gasteiger partial charge in [-0.15, -0.1) is 0 Å². The minimum absolute atomic E-state index is 0.446. The second-order valence-corrected chi connectivity index (χ2v) is 5.10. The number of likely N-dealkylation sites (tertiary alicyclic amines) is 1. The van der Waals surface area contributed by atoms with Crippen LogP contribution in [0.1, 0.15) is 42.5 Å². The number of carbonyl (C=O) groups is 1. The molecule has 5 nitrogen and oxygen atoms in total.